The van der Waals surface area contributed by atoms with Gasteiger partial charge in [-0.15, -0.1) is 10.2 Å². The third-order valence-electron chi connectivity index (χ3n) is 2.66. The number of hydrogen-bond acceptors (Lipinski definition) is 4. The Morgan fingerprint density at radius 3 is 2.53 bits per heavy atom. The zero-order valence-corrected chi connectivity index (χ0v) is 11.1. The van der Waals surface area contributed by atoms with E-state index in [9.17, 15) is 4.79 Å². The molecule has 0 bridgehead atoms. The molecule has 0 N–H and O–H groups in total. The highest BCUT2D eigenvalue weighted by Gasteiger charge is 2.09. The van der Waals surface area contributed by atoms with Gasteiger partial charge in [0.25, 0.3) is 5.91 Å². The highest BCUT2D eigenvalue weighted by molar-refractivity contribution is 5.95. The summed E-state index contributed by atoms with van der Waals surface area (Å²) < 4.78 is 4.96. The number of methoxy groups -OCH3 is 1. The van der Waals surface area contributed by atoms with Crippen molar-refractivity contribution >= 4 is 5.91 Å². The van der Waals surface area contributed by atoms with Crippen molar-refractivity contribution in [3.63, 3.8) is 0 Å². The minimum Gasteiger partial charge on any atom is -0.480 e. The minimum absolute atomic E-state index is 0.0386. The number of hydrogen-bond donors (Lipinski definition) is 0. The lowest BCUT2D eigenvalue weighted by atomic mass is 10.1. The van der Waals surface area contributed by atoms with Crippen LogP contribution in [0.5, 0.6) is 5.88 Å². The molecule has 1 aromatic heterocycles. The monoisotopic (exact) mass is 257 g/mol. The van der Waals surface area contributed by atoms with E-state index in [2.05, 4.69) is 10.2 Å². The number of benzene rings is 1. The third-order valence-corrected chi connectivity index (χ3v) is 2.66. The van der Waals surface area contributed by atoms with Crippen molar-refractivity contribution < 1.29 is 9.53 Å². The van der Waals surface area contributed by atoms with E-state index in [1.54, 1.807) is 44.3 Å². The van der Waals surface area contributed by atoms with Crippen LogP contribution >= 0.6 is 0 Å². The van der Waals surface area contributed by atoms with E-state index >= 15 is 0 Å². The summed E-state index contributed by atoms with van der Waals surface area (Å²) >= 11 is 0. The Morgan fingerprint density at radius 2 is 1.95 bits per heavy atom. The standard InChI is InChI=1S/C14H15N3O2/c1-17(2)14(18)11-6-4-5-10(9-11)12-7-8-13(19-3)16-15-12/h4-9H,1-3H3. The Balaban J connectivity index is 2.34. The van der Waals surface area contributed by atoms with E-state index in [-0.39, 0.29) is 5.91 Å². The summed E-state index contributed by atoms with van der Waals surface area (Å²) in [5, 5.41) is 7.98. The Labute approximate surface area is 111 Å². The van der Waals surface area contributed by atoms with Gasteiger partial charge in [0.05, 0.1) is 12.8 Å². The SMILES string of the molecule is COc1ccc(-c2cccc(C(=O)N(C)C)c2)nn1. The van der Waals surface area contributed by atoms with Crippen LogP contribution in [0, 0.1) is 0 Å². The van der Waals surface area contributed by atoms with Crippen LogP contribution in [0.4, 0.5) is 0 Å². The van der Waals surface area contributed by atoms with Crippen LogP contribution in [0.3, 0.4) is 0 Å². The van der Waals surface area contributed by atoms with E-state index in [4.69, 9.17) is 4.74 Å². The topological polar surface area (TPSA) is 55.3 Å². The molecule has 0 unspecified atom stereocenters. The van der Waals surface area contributed by atoms with Crippen LogP contribution in [-0.2, 0) is 0 Å². The van der Waals surface area contributed by atoms with E-state index < -0.39 is 0 Å². The lowest BCUT2D eigenvalue weighted by Gasteiger charge is -2.11. The molecule has 0 aliphatic rings. The van der Waals surface area contributed by atoms with Crippen molar-refractivity contribution in [3.05, 3.63) is 42.0 Å². The Kier molecular flexibility index (Phi) is 3.75. The van der Waals surface area contributed by atoms with Crippen LogP contribution < -0.4 is 4.74 Å². The number of nitrogens with zero attached hydrogens (tertiary/aromatic N) is 3. The van der Waals surface area contributed by atoms with Crippen molar-refractivity contribution in [3.8, 4) is 17.1 Å². The molecule has 0 atom stereocenters. The lowest BCUT2D eigenvalue weighted by Crippen LogP contribution is -2.21. The van der Waals surface area contributed by atoms with E-state index in [0.717, 1.165) is 5.56 Å². The van der Waals surface area contributed by atoms with Gasteiger partial charge in [-0.2, -0.15) is 0 Å². The second-order valence-electron chi connectivity index (χ2n) is 4.24. The van der Waals surface area contributed by atoms with Crippen molar-refractivity contribution in [1.29, 1.82) is 0 Å². The minimum atomic E-state index is -0.0386. The molecule has 0 saturated carbocycles. The first-order valence-electron chi connectivity index (χ1n) is 5.81. The first-order valence-corrected chi connectivity index (χ1v) is 5.81. The van der Waals surface area contributed by atoms with Gasteiger partial charge in [0.15, 0.2) is 0 Å². The maximum atomic E-state index is 11.9. The molecule has 5 heteroatoms. The third kappa shape index (κ3) is 2.88. The van der Waals surface area contributed by atoms with Gasteiger partial charge in [-0.3, -0.25) is 4.79 Å². The molecule has 19 heavy (non-hydrogen) atoms. The second kappa shape index (κ2) is 5.48. The summed E-state index contributed by atoms with van der Waals surface area (Å²) in [6.07, 6.45) is 0. The molecule has 2 aromatic rings. The van der Waals surface area contributed by atoms with Gasteiger partial charge in [0.2, 0.25) is 5.88 Å². The van der Waals surface area contributed by atoms with E-state index in [1.807, 2.05) is 18.2 Å². The molecule has 1 amide bonds. The van der Waals surface area contributed by atoms with Crippen molar-refractivity contribution in [2.75, 3.05) is 21.2 Å². The average molecular weight is 257 g/mol. The quantitative estimate of drug-likeness (QED) is 0.842. The summed E-state index contributed by atoms with van der Waals surface area (Å²) in [4.78, 5) is 13.4. The van der Waals surface area contributed by atoms with Crippen molar-refractivity contribution in [2.24, 2.45) is 0 Å². The molecular weight excluding hydrogens is 242 g/mol. The fourth-order valence-electron chi connectivity index (χ4n) is 1.65. The van der Waals surface area contributed by atoms with Gasteiger partial charge < -0.3 is 9.64 Å². The molecule has 2 rings (SSSR count). The highest BCUT2D eigenvalue weighted by atomic mass is 16.5. The molecule has 1 heterocycles. The fourth-order valence-corrected chi connectivity index (χ4v) is 1.65. The van der Waals surface area contributed by atoms with Crippen LogP contribution in [0.25, 0.3) is 11.3 Å². The number of carbonyl (C=O) groups excluding carboxylic acids is 1. The highest BCUT2D eigenvalue weighted by Crippen LogP contribution is 2.19. The number of amides is 1. The smallest absolute Gasteiger partial charge is 0.253 e. The molecule has 1 aromatic carbocycles. The van der Waals surface area contributed by atoms with E-state index in [0.29, 0.717) is 17.1 Å². The van der Waals surface area contributed by atoms with Crippen LogP contribution in [0.2, 0.25) is 0 Å². The predicted molar refractivity (Wildman–Crippen MR) is 72.0 cm³/mol. The summed E-state index contributed by atoms with van der Waals surface area (Å²) in [6.45, 7) is 0. The van der Waals surface area contributed by atoms with Crippen molar-refractivity contribution in [1.82, 2.24) is 15.1 Å². The molecular formula is C14H15N3O2. The first-order chi connectivity index (χ1) is 9.11. The Morgan fingerprint density at radius 1 is 1.16 bits per heavy atom. The Bertz CT molecular complexity index is 579. The molecule has 0 fully saturated rings. The first kappa shape index (κ1) is 13.0. The summed E-state index contributed by atoms with van der Waals surface area (Å²) in [5.74, 6) is 0.424. The maximum Gasteiger partial charge on any atom is 0.253 e. The predicted octanol–water partition coefficient (Wildman–Crippen LogP) is 1.85. The van der Waals surface area contributed by atoms with Gasteiger partial charge in [0, 0.05) is 31.3 Å². The fraction of sp³-hybridized carbons (Fsp3) is 0.214. The average Bonchev–Trinajstić information content (AvgIpc) is 2.46. The van der Waals surface area contributed by atoms with Crippen LogP contribution in [-0.4, -0.2) is 42.2 Å². The molecule has 0 radical (unpaired) electrons. The summed E-state index contributed by atoms with van der Waals surface area (Å²) in [7, 11) is 4.99. The number of rotatable bonds is 3. The largest absolute Gasteiger partial charge is 0.480 e. The number of ether oxygens (including phenoxy) is 1. The van der Waals surface area contributed by atoms with Crippen molar-refractivity contribution in [2.45, 2.75) is 0 Å². The summed E-state index contributed by atoms with van der Waals surface area (Å²) in [6, 6.07) is 10.9. The van der Waals surface area contributed by atoms with Gasteiger partial charge >= 0.3 is 0 Å². The molecule has 0 aliphatic carbocycles. The van der Waals surface area contributed by atoms with Crippen LogP contribution in [0.1, 0.15) is 10.4 Å². The lowest BCUT2D eigenvalue weighted by molar-refractivity contribution is 0.0827. The number of aromatic nitrogens is 2. The zero-order chi connectivity index (χ0) is 13.8. The second-order valence-corrected chi connectivity index (χ2v) is 4.24. The van der Waals surface area contributed by atoms with Gasteiger partial charge in [0.1, 0.15) is 0 Å². The Hall–Kier alpha value is -2.43. The maximum absolute atomic E-state index is 11.9. The normalized spacial score (nSPS) is 10.1. The van der Waals surface area contributed by atoms with Gasteiger partial charge in [-0.25, -0.2) is 0 Å². The van der Waals surface area contributed by atoms with Gasteiger partial charge in [-0.1, -0.05) is 12.1 Å². The summed E-state index contributed by atoms with van der Waals surface area (Å²) in [5.41, 5.74) is 2.18. The zero-order valence-electron chi connectivity index (χ0n) is 11.1. The van der Waals surface area contributed by atoms with E-state index in [1.165, 1.54) is 0 Å². The molecule has 0 spiro atoms. The molecule has 5 nitrogen and oxygen atoms in total. The molecule has 98 valence electrons. The molecule has 0 aliphatic heterocycles. The molecule has 0 saturated heterocycles. The van der Waals surface area contributed by atoms with Crippen LogP contribution in [0.15, 0.2) is 36.4 Å². The number of carbonyl (C=O) groups is 1. The van der Waals surface area contributed by atoms with Gasteiger partial charge in [-0.05, 0) is 18.2 Å².